The van der Waals surface area contributed by atoms with Gasteiger partial charge in [-0.05, 0) is 42.9 Å². The number of aromatic nitrogens is 1. The highest BCUT2D eigenvalue weighted by Gasteiger charge is 2.48. The predicted octanol–water partition coefficient (Wildman–Crippen LogP) is 2.74. The Morgan fingerprint density at radius 2 is 1.96 bits per heavy atom. The lowest BCUT2D eigenvalue weighted by Gasteiger charge is -2.43. The molecule has 1 saturated heterocycles. The van der Waals surface area contributed by atoms with Gasteiger partial charge in [-0.2, -0.15) is 0 Å². The van der Waals surface area contributed by atoms with Crippen LogP contribution in [0.1, 0.15) is 30.4 Å². The third-order valence-electron chi connectivity index (χ3n) is 5.35. The van der Waals surface area contributed by atoms with Gasteiger partial charge in [0.2, 0.25) is 0 Å². The van der Waals surface area contributed by atoms with E-state index in [9.17, 15) is 15.0 Å². The van der Waals surface area contributed by atoms with Crippen molar-refractivity contribution in [3.8, 4) is 0 Å². The standard InChI is InChI=1S/C21H26N2O3/c24-19-10-13-23(15-18-9-5-12-22-14-18)16-21(19,20(25)26)11-4-8-17-6-2-1-3-7-17/h1-3,5-7,9,12,14,19,24H,4,8,10-11,13,15-16H2,(H,25,26)/t19-,21+/m0/s1. The highest BCUT2D eigenvalue weighted by molar-refractivity contribution is 5.76. The van der Waals surface area contributed by atoms with Gasteiger partial charge in [0.15, 0.2) is 0 Å². The molecule has 1 aromatic carbocycles. The second-order valence-electron chi connectivity index (χ2n) is 7.18. The Morgan fingerprint density at radius 1 is 1.19 bits per heavy atom. The molecule has 0 amide bonds. The first-order valence-corrected chi connectivity index (χ1v) is 9.17. The van der Waals surface area contributed by atoms with E-state index in [0.717, 1.165) is 18.4 Å². The van der Waals surface area contributed by atoms with Crippen LogP contribution in [0.15, 0.2) is 54.9 Å². The van der Waals surface area contributed by atoms with Gasteiger partial charge in [-0.15, -0.1) is 0 Å². The van der Waals surface area contributed by atoms with E-state index in [4.69, 9.17) is 0 Å². The first kappa shape index (κ1) is 18.5. The van der Waals surface area contributed by atoms with Crippen LogP contribution in [-0.2, 0) is 17.8 Å². The van der Waals surface area contributed by atoms with Gasteiger partial charge in [-0.1, -0.05) is 36.4 Å². The maximum atomic E-state index is 12.1. The quantitative estimate of drug-likeness (QED) is 0.800. The van der Waals surface area contributed by atoms with Crippen molar-refractivity contribution in [2.75, 3.05) is 13.1 Å². The molecule has 0 aliphatic carbocycles. The Kier molecular flexibility index (Phi) is 6.01. The van der Waals surface area contributed by atoms with Crippen LogP contribution < -0.4 is 0 Å². The highest BCUT2D eigenvalue weighted by Crippen LogP contribution is 2.36. The van der Waals surface area contributed by atoms with Crippen molar-refractivity contribution in [2.45, 2.75) is 38.3 Å². The van der Waals surface area contributed by atoms with E-state index in [1.807, 2.05) is 36.5 Å². The van der Waals surface area contributed by atoms with Gasteiger partial charge in [0, 0.05) is 32.0 Å². The number of rotatable bonds is 7. The molecule has 5 heteroatoms. The van der Waals surface area contributed by atoms with Crippen molar-refractivity contribution in [3.63, 3.8) is 0 Å². The Hall–Kier alpha value is -2.24. The number of likely N-dealkylation sites (tertiary alicyclic amines) is 1. The third-order valence-corrected chi connectivity index (χ3v) is 5.35. The summed E-state index contributed by atoms with van der Waals surface area (Å²) in [7, 11) is 0. The summed E-state index contributed by atoms with van der Waals surface area (Å²) in [6.07, 6.45) is 5.26. The maximum Gasteiger partial charge on any atom is 0.313 e. The smallest absolute Gasteiger partial charge is 0.313 e. The zero-order valence-corrected chi connectivity index (χ0v) is 14.9. The van der Waals surface area contributed by atoms with E-state index in [0.29, 0.717) is 32.5 Å². The van der Waals surface area contributed by atoms with Crippen molar-refractivity contribution >= 4 is 5.97 Å². The molecule has 3 rings (SSSR count). The molecule has 0 spiro atoms. The molecule has 5 nitrogen and oxygen atoms in total. The molecule has 2 N–H and O–H groups in total. The minimum Gasteiger partial charge on any atom is -0.481 e. The van der Waals surface area contributed by atoms with E-state index >= 15 is 0 Å². The molecule has 0 unspecified atom stereocenters. The predicted molar refractivity (Wildman–Crippen MR) is 99.6 cm³/mol. The van der Waals surface area contributed by atoms with Crippen LogP contribution in [0.4, 0.5) is 0 Å². The second kappa shape index (κ2) is 8.43. The monoisotopic (exact) mass is 354 g/mol. The largest absolute Gasteiger partial charge is 0.481 e. The fourth-order valence-electron chi connectivity index (χ4n) is 3.86. The van der Waals surface area contributed by atoms with E-state index in [1.54, 1.807) is 6.20 Å². The number of carbonyl (C=O) groups is 1. The molecular weight excluding hydrogens is 328 g/mol. The summed E-state index contributed by atoms with van der Waals surface area (Å²) in [5.41, 5.74) is 1.16. The fourth-order valence-corrected chi connectivity index (χ4v) is 3.86. The SMILES string of the molecule is O=C(O)[C@]1(CCCc2ccccc2)CN(Cc2cccnc2)CC[C@@H]1O. The minimum atomic E-state index is -1.10. The molecule has 0 bridgehead atoms. The number of aliphatic carboxylic acids is 1. The van der Waals surface area contributed by atoms with Crippen molar-refractivity contribution in [1.82, 2.24) is 9.88 Å². The van der Waals surface area contributed by atoms with Crippen LogP contribution in [0.5, 0.6) is 0 Å². The van der Waals surface area contributed by atoms with Gasteiger partial charge in [0.05, 0.1) is 6.10 Å². The van der Waals surface area contributed by atoms with E-state index in [2.05, 4.69) is 22.0 Å². The van der Waals surface area contributed by atoms with Crippen LogP contribution in [-0.4, -0.2) is 45.3 Å². The van der Waals surface area contributed by atoms with Crippen molar-refractivity contribution in [3.05, 3.63) is 66.0 Å². The third kappa shape index (κ3) is 4.29. The van der Waals surface area contributed by atoms with Crippen LogP contribution in [0.3, 0.4) is 0 Å². The van der Waals surface area contributed by atoms with Gasteiger partial charge >= 0.3 is 5.97 Å². The number of carboxylic acid groups (broad SMARTS) is 1. The molecule has 2 atom stereocenters. The summed E-state index contributed by atoms with van der Waals surface area (Å²) in [6, 6.07) is 14.0. The summed E-state index contributed by atoms with van der Waals surface area (Å²) in [5.74, 6) is -0.894. The molecule has 1 aromatic heterocycles. The number of aryl methyl sites for hydroxylation is 1. The average molecular weight is 354 g/mol. The normalized spacial score (nSPS) is 23.7. The maximum absolute atomic E-state index is 12.1. The number of pyridine rings is 1. The summed E-state index contributed by atoms with van der Waals surface area (Å²) < 4.78 is 0. The summed E-state index contributed by atoms with van der Waals surface area (Å²) >= 11 is 0. The average Bonchev–Trinajstić information content (AvgIpc) is 2.66. The molecule has 2 heterocycles. The zero-order valence-electron chi connectivity index (χ0n) is 14.9. The van der Waals surface area contributed by atoms with E-state index in [-0.39, 0.29) is 0 Å². The van der Waals surface area contributed by atoms with Crippen LogP contribution in [0.25, 0.3) is 0 Å². The second-order valence-corrected chi connectivity index (χ2v) is 7.18. The lowest BCUT2D eigenvalue weighted by Crippen LogP contribution is -2.55. The van der Waals surface area contributed by atoms with Gasteiger partial charge < -0.3 is 10.2 Å². The topological polar surface area (TPSA) is 73.7 Å². The molecular formula is C21H26N2O3. The summed E-state index contributed by atoms with van der Waals surface area (Å²) in [4.78, 5) is 18.4. The lowest BCUT2D eigenvalue weighted by molar-refractivity contribution is -0.164. The first-order chi connectivity index (χ1) is 12.6. The number of aliphatic hydroxyl groups is 1. The number of carboxylic acids is 1. The van der Waals surface area contributed by atoms with Crippen molar-refractivity contribution in [1.29, 1.82) is 0 Å². The Balaban J connectivity index is 1.67. The summed E-state index contributed by atoms with van der Waals surface area (Å²) in [5, 5.41) is 20.5. The van der Waals surface area contributed by atoms with Gasteiger partial charge in [-0.25, -0.2) is 0 Å². The number of hydrogen-bond acceptors (Lipinski definition) is 4. The molecule has 1 aliphatic heterocycles. The number of benzene rings is 1. The first-order valence-electron chi connectivity index (χ1n) is 9.17. The van der Waals surface area contributed by atoms with Crippen LogP contribution in [0.2, 0.25) is 0 Å². The lowest BCUT2D eigenvalue weighted by atomic mass is 9.73. The van der Waals surface area contributed by atoms with Gasteiger partial charge in [-0.3, -0.25) is 14.7 Å². The molecule has 26 heavy (non-hydrogen) atoms. The molecule has 138 valence electrons. The van der Waals surface area contributed by atoms with Crippen molar-refractivity contribution < 1.29 is 15.0 Å². The Labute approximate surface area is 154 Å². The molecule has 1 aliphatic rings. The minimum absolute atomic E-state index is 0.368. The fraction of sp³-hybridized carbons (Fsp3) is 0.429. The van der Waals surface area contributed by atoms with Gasteiger partial charge in [0.25, 0.3) is 0 Å². The molecule has 0 radical (unpaired) electrons. The molecule has 2 aromatic rings. The van der Waals surface area contributed by atoms with Crippen LogP contribution >= 0.6 is 0 Å². The van der Waals surface area contributed by atoms with E-state index in [1.165, 1.54) is 5.56 Å². The zero-order chi connectivity index (χ0) is 18.4. The highest BCUT2D eigenvalue weighted by atomic mass is 16.4. The number of aliphatic hydroxyl groups excluding tert-OH is 1. The Bertz CT molecular complexity index is 708. The van der Waals surface area contributed by atoms with Crippen molar-refractivity contribution in [2.24, 2.45) is 5.41 Å². The number of piperidine rings is 1. The number of hydrogen-bond donors (Lipinski definition) is 2. The Morgan fingerprint density at radius 3 is 2.65 bits per heavy atom. The molecule has 0 saturated carbocycles. The van der Waals surface area contributed by atoms with Gasteiger partial charge in [0.1, 0.15) is 5.41 Å². The van der Waals surface area contributed by atoms with Crippen LogP contribution in [0, 0.1) is 5.41 Å². The summed E-state index contributed by atoms with van der Waals surface area (Å²) in [6.45, 7) is 1.73. The number of nitrogens with zero attached hydrogens (tertiary/aromatic N) is 2. The molecule has 1 fully saturated rings. The van der Waals surface area contributed by atoms with E-state index < -0.39 is 17.5 Å².